The zero-order valence-corrected chi connectivity index (χ0v) is 16.8. The van der Waals surface area contributed by atoms with Gasteiger partial charge in [-0.15, -0.1) is 12.6 Å². The van der Waals surface area contributed by atoms with Crippen LogP contribution in [0.2, 0.25) is 0 Å². The van der Waals surface area contributed by atoms with Crippen LogP contribution in [0.4, 0.5) is 0 Å². The van der Waals surface area contributed by atoms with E-state index in [2.05, 4.69) is 89.8 Å². The highest BCUT2D eigenvalue weighted by Crippen LogP contribution is 2.30. The second-order valence-corrected chi connectivity index (χ2v) is 9.21. The number of benzene rings is 2. The van der Waals surface area contributed by atoms with E-state index in [1.165, 1.54) is 22.3 Å². The van der Waals surface area contributed by atoms with Crippen molar-refractivity contribution in [2.45, 2.75) is 70.4 Å². The Kier molecular flexibility index (Phi) is 5.83. The van der Waals surface area contributed by atoms with Crippen LogP contribution in [-0.2, 0) is 23.9 Å². The molecule has 0 aliphatic heterocycles. The summed E-state index contributed by atoms with van der Waals surface area (Å²) >= 11 is 4.34. The number of thiol groups is 1. The first kappa shape index (κ1) is 19.1. The molecule has 2 aromatic rings. The molecule has 0 unspecified atom stereocenters. The lowest BCUT2D eigenvalue weighted by Crippen LogP contribution is -2.19. The Balaban J connectivity index is 2.15. The van der Waals surface area contributed by atoms with Crippen molar-refractivity contribution in [1.29, 1.82) is 0 Å². The molecular formula is C22H31NS. The van der Waals surface area contributed by atoms with Crippen LogP contribution in [0.3, 0.4) is 0 Å². The Labute approximate surface area is 153 Å². The topological polar surface area (TPSA) is 12.0 Å². The SMILES string of the molecule is CC(C)(C)c1cc(CNCc2ccc(S)cc2)cc(C(C)(C)C)c1. The molecule has 2 aromatic carbocycles. The van der Waals surface area contributed by atoms with Crippen LogP contribution in [0, 0.1) is 0 Å². The fourth-order valence-corrected chi connectivity index (χ4v) is 2.77. The summed E-state index contributed by atoms with van der Waals surface area (Å²) in [5.41, 5.74) is 5.79. The van der Waals surface area contributed by atoms with Gasteiger partial charge in [0.1, 0.15) is 0 Å². The summed E-state index contributed by atoms with van der Waals surface area (Å²) in [5, 5.41) is 3.57. The van der Waals surface area contributed by atoms with Crippen LogP contribution in [-0.4, -0.2) is 0 Å². The summed E-state index contributed by atoms with van der Waals surface area (Å²) in [5.74, 6) is 0. The van der Waals surface area contributed by atoms with Gasteiger partial charge < -0.3 is 5.32 Å². The highest BCUT2D eigenvalue weighted by molar-refractivity contribution is 7.80. The van der Waals surface area contributed by atoms with Gasteiger partial charge in [-0.1, -0.05) is 71.9 Å². The van der Waals surface area contributed by atoms with E-state index in [0.29, 0.717) is 0 Å². The number of hydrogen-bond acceptors (Lipinski definition) is 2. The van der Waals surface area contributed by atoms with E-state index >= 15 is 0 Å². The van der Waals surface area contributed by atoms with Crippen molar-refractivity contribution < 1.29 is 0 Å². The Hall–Kier alpha value is -1.25. The lowest BCUT2D eigenvalue weighted by molar-refractivity contribution is 0.564. The molecule has 0 bridgehead atoms. The van der Waals surface area contributed by atoms with Crippen molar-refractivity contribution in [3.05, 3.63) is 64.7 Å². The highest BCUT2D eigenvalue weighted by atomic mass is 32.1. The van der Waals surface area contributed by atoms with Crippen LogP contribution >= 0.6 is 12.6 Å². The van der Waals surface area contributed by atoms with Crippen molar-refractivity contribution in [3.8, 4) is 0 Å². The predicted octanol–water partition coefficient (Wildman–Crippen LogP) is 5.86. The van der Waals surface area contributed by atoms with Crippen molar-refractivity contribution in [1.82, 2.24) is 5.32 Å². The highest BCUT2D eigenvalue weighted by Gasteiger charge is 2.20. The van der Waals surface area contributed by atoms with Gasteiger partial charge in [0, 0.05) is 18.0 Å². The minimum atomic E-state index is 0.165. The molecule has 0 saturated heterocycles. The van der Waals surface area contributed by atoms with E-state index in [-0.39, 0.29) is 10.8 Å². The van der Waals surface area contributed by atoms with E-state index in [1.54, 1.807) is 0 Å². The molecule has 2 heteroatoms. The van der Waals surface area contributed by atoms with Crippen LogP contribution < -0.4 is 5.32 Å². The first-order valence-corrected chi connectivity index (χ1v) is 9.14. The third kappa shape index (κ3) is 5.39. The molecule has 0 aromatic heterocycles. The normalized spacial score (nSPS) is 12.5. The van der Waals surface area contributed by atoms with Gasteiger partial charge >= 0.3 is 0 Å². The van der Waals surface area contributed by atoms with E-state index < -0.39 is 0 Å². The van der Waals surface area contributed by atoms with Gasteiger partial charge in [0.15, 0.2) is 0 Å². The lowest BCUT2D eigenvalue weighted by Gasteiger charge is -2.26. The monoisotopic (exact) mass is 341 g/mol. The Morgan fingerprint density at radius 2 is 1.17 bits per heavy atom. The molecule has 130 valence electrons. The smallest absolute Gasteiger partial charge is 0.0208 e. The van der Waals surface area contributed by atoms with Gasteiger partial charge in [0.2, 0.25) is 0 Å². The third-order valence-corrected chi connectivity index (χ3v) is 4.62. The molecule has 0 spiro atoms. The molecule has 0 atom stereocenters. The second kappa shape index (κ2) is 7.33. The number of nitrogens with one attached hydrogen (secondary N) is 1. The largest absolute Gasteiger partial charge is 0.309 e. The van der Waals surface area contributed by atoms with Crippen molar-refractivity contribution >= 4 is 12.6 Å². The van der Waals surface area contributed by atoms with Crippen LogP contribution in [0.25, 0.3) is 0 Å². The van der Waals surface area contributed by atoms with E-state index in [9.17, 15) is 0 Å². The van der Waals surface area contributed by atoms with Crippen molar-refractivity contribution in [2.24, 2.45) is 0 Å². The fraction of sp³-hybridized carbons (Fsp3) is 0.455. The fourth-order valence-electron chi connectivity index (χ4n) is 2.63. The van der Waals surface area contributed by atoms with Gasteiger partial charge in [-0.2, -0.15) is 0 Å². The lowest BCUT2D eigenvalue weighted by atomic mass is 9.79. The zero-order valence-electron chi connectivity index (χ0n) is 15.9. The summed E-state index contributed by atoms with van der Waals surface area (Å²) in [7, 11) is 0. The molecule has 1 N–H and O–H groups in total. The molecule has 24 heavy (non-hydrogen) atoms. The first-order valence-electron chi connectivity index (χ1n) is 8.69. The van der Waals surface area contributed by atoms with Gasteiger partial charge in [0.05, 0.1) is 0 Å². The van der Waals surface area contributed by atoms with Crippen molar-refractivity contribution in [3.63, 3.8) is 0 Å². The standard InChI is InChI=1S/C22H31NS/c1-21(2,3)18-11-17(12-19(13-18)22(4,5)6)15-23-14-16-7-9-20(24)10-8-16/h7-13,23-24H,14-15H2,1-6H3. The van der Waals surface area contributed by atoms with Crippen LogP contribution in [0.1, 0.15) is 63.8 Å². The summed E-state index contributed by atoms with van der Waals surface area (Å²) in [4.78, 5) is 1.01. The van der Waals surface area contributed by atoms with Crippen LogP contribution in [0.15, 0.2) is 47.4 Å². The summed E-state index contributed by atoms with van der Waals surface area (Å²) in [6, 6.07) is 15.4. The second-order valence-electron chi connectivity index (χ2n) is 8.69. The molecule has 0 heterocycles. The first-order chi connectivity index (χ1) is 11.1. The minimum Gasteiger partial charge on any atom is -0.309 e. The molecule has 0 fully saturated rings. The van der Waals surface area contributed by atoms with Gasteiger partial charge in [-0.05, 0) is 45.2 Å². The van der Waals surface area contributed by atoms with Crippen LogP contribution in [0.5, 0.6) is 0 Å². The minimum absolute atomic E-state index is 0.165. The molecule has 0 aliphatic carbocycles. The maximum Gasteiger partial charge on any atom is 0.0208 e. The van der Waals surface area contributed by atoms with Gasteiger partial charge in [0.25, 0.3) is 0 Å². The van der Waals surface area contributed by atoms with Crippen molar-refractivity contribution in [2.75, 3.05) is 0 Å². The molecule has 0 aliphatic rings. The molecule has 2 rings (SSSR count). The molecule has 0 saturated carbocycles. The molecular weight excluding hydrogens is 310 g/mol. The van der Waals surface area contributed by atoms with E-state index in [1.807, 2.05) is 12.1 Å². The Bertz CT molecular complexity index is 640. The molecule has 0 radical (unpaired) electrons. The molecule has 0 amide bonds. The van der Waals surface area contributed by atoms with E-state index in [0.717, 1.165) is 18.0 Å². The average molecular weight is 342 g/mol. The maximum atomic E-state index is 4.34. The third-order valence-electron chi connectivity index (χ3n) is 4.32. The Morgan fingerprint density at radius 1 is 0.708 bits per heavy atom. The summed E-state index contributed by atoms with van der Waals surface area (Å²) in [6.45, 7) is 15.5. The predicted molar refractivity (Wildman–Crippen MR) is 108 cm³/mol. The number of rotatable bonds is 4. The number of hydrogen-bond donors (Lipinski definition) is 2. The summed E-state index contributed by atoms with van der Waals surface area (Å²) < 4.78 is 0. The van der Waals surface area contributed by atoms with Gasteiger partial charge in [-0.3, -0.25) is 0 Å². The zero-order chi connectivity index (χ0) is 18.0. The summed E-state index contributed by atoms with van der Waals surface area (Å²) in [6.07, 6.45) is 0. The van der Waals surface area contributed by atoms with E-state index in [4.69, 9.17) is 0 Å². The molecule has 1 nitrogen and oxygen atoms in total. The Morgan fingerprint density at radius 3 is 1.62 bits per heavy atom. The average Bonchev–Trinajstić information content (AvgIpc) is 2.47. The quantitative estimate of drug-likeness (QED) is 0.664. The maximum absolute atomic E-state index is 4.34. The van der Waals surface area contributed by atoms with Gasteiger partial charge in [-0.25, -0.2) is 0 Å².